The molecule has 0 spiro atoms. The lowest BCUT2D eigenvalue weighted by molar-refractivity contribution is -0.116. The van der Waals surface area contributed by atoms with Crippen LogP contribution in [0.2, 0.25) is 0 Å². The zero-order valence-electron chi connectivity index (χ0n) is 11.3. The van der Waals surface area contributed by atoms with E-state index in [1.807, 2.05) is 0 Å². The summed E-state index contributed by atoms with van der Waals surface area (Å²) in [6.07, 6.45) is 5.04. The molecular weight excluding hydrogens is 318 g/mol. The van der Waals surface area contributed by atoms with Gasteiger partial charge < -0.3 is 10.6 Å². The maximum atomic E-state index is 11.9. The maximum absolute atomic E-state index is 11.9. The van der Waals surface area contributed by atoms with E-state index in [9.17, 15) is 4.79 Å². The average Bonchev–Trinajstić information content (AvgIpc) is 2.48. The minimum atomic E-state index is 0.0165. The van der Waals surface area contributed by atoms with Crippen LogP contribution in [-0.4, -0.2) is 18.5 Å². The van der Waals surface area contributed by atoms with Crippen LogP contribution >= 0.6 is 15.9 Å². The molecule has 4 nitrogen and oxygen atoms in total. The first-order valence-electron chi connectivity index (χ1n) is 6.92. The Morgan fingerprint density at radius 3 is 3.00 bits per heavy atom. The molecule has 1 aromatic carbocycles. The van der Waals surface area contributed by atoms with Crippen molar-refractivity contribution in [1.82, 2.24) is 5.32 Å². The van der Waals surface area contributed by atoms with Gasteiger partial charge in [-0.05, 0) is 59.9 Å². The summed E-state index contributed by atoms with van der Waals surface area (Å²) in [6.45, 7) is 1.06. The van der Waals surface area contributed by atoms with Gasteiger partial charge in [-0.25, -0.2) is 0 Å². The Morgan fingerprint density at radius 1 is 1.50 bits per heavy atom. The van der Waals surface area contributed by atoms with Crippen molar-refractivity contribution >= 4 is 27.5 Å². The second-order valence-electron chi connectivity index (χ2n) is 5.04. The Bertz CT molecular complexity index is 518. The number of rotatable bonds is 4. The number of halogens is 1. The van der Waals surface area contributed by atoms with Crippen molar-refractivity contribution < 1.29 is 4.79 Å². The summed E-state index contributed by atoms with van der Waals surface area (Å²) in [4.78, 5) is 11.9. The number of hydrogen-bond acceptors (Lipinski definition) is 3. The zero-order chi connectivity index (χ0) is 14.4. The van der Waals surface area contributed by atoms with Crippen molar-refractivity contribution in [3.05, 3.63) is 28.2 Å². The van der Waals surface area contributed by atoms with E-state index in [2.05, 4.69) is 32.6 Å². The lowest BCUT2D eigenvalue weighted by Gasteiger charge is -2.23. The van der Waals surface area contributed by atoms with E-state index >= 15 is 0 Å². The quantitative estimate of drug-likeness (QED) is 0.888. The fourth-order valence-electron chi connectivity index (χ4n) is 2.37. The first-order chi connectivity index (χ1) is 9.69. The van der Waals surface area contributed by atoms with Crippen LogP contribution in [0, 0.1) is 11.3 Å². The molecule has 1 fully saturated rings. The molecule has 0 aliphatic carbocycles. The highest BCUT2D eigenvalue weighted by Gasteiger charge is 2.14. The lowest BCUT2D eigenvalue weighted by atomic mass is 10.0. The van der Waals surface area contributed by atoms with Gasteiger partial charge in [-0.15, -0.1) is 0 Å². The summed E-state index contributed by atoms with van der Waals surface area (Å²) < 4.78 is 0.737. The predicted molar refractivity (Wildman–Crippen MR) is 82.4 cm³/mol. The first-order valence-corrected chi connectivity index (χ1v) is 7.71. The summed E-state index contributed by atoms with van der Waals surface area (Å²) in [5.74, 6) is 0.0165. The van der Waals surface area contributed by atoms with Gasteiger partial charge in [0.2, 0.25) is 5.91 Å². The largest absolute Gasteiger partial charge is 0.325 e. The van der Waals surface area contributed by atoms with Gasteiger partial charge in [-0.2, -0.15) is 5.26 Å². The van der Waals surface area contributed by atoms with E-state index in [0.717, 1.165) is 23.9 Å². The Labute approximate surface area is 127 Å². The van der Waals surface area contributed by atoms with Crippen LogP contribution in [0.15, 0.2) is 22.7 Å². The highest BCUT2D eigenvalue weighted by molar-refractivity contribution is 9.10. The van der Waals surface area contributed by atoms with Gasteiger partial charge in [0.05, 0.1) is 17.3 Å². The smallest absolute Gasteiger partial charge is 0.224 e. The van der Waals surface area contributed by atoms with Gasteiger partial charge in [-0.1, -0.05) is 6.42 Å². The number of anilines is 1. The molecule has 1 atom stereocenters. The highest BCUT2D eigenvalue weighted by atomic mass is 79.9. The van der Waals surface area contributed by atoms with Crippen LogP contribution in [0.1, 0.15) is 37.7 Å². The minimum Gasteiger partial charge on any atom is -0.325 e. The molecule has 20 heavy (non-hydrogen) atoms. The van der Waals surface area contributed by atoms with Gasteiger partial charge in [-0.3, -0.25) is 4.79 Å². The molecule has 1 saturated heterocycles. The molecule has 0 aromatic heterocycles. The summed E-state index contributed by atoms with van der Waals surface area (Å²) in [7, 11) is 0. The third kappa shape index (κ3) is 4.32. The van der Waals surface area contributed by atoms with Crippen LogP contribution in [0.4, 0.5) is 5.69 Å². The SMILES string of the molecule is N#Cc1ccc(NC(=O)CCC2CCCCN2)c(Br)c1. The molecular formula is C15H18BrN3O. The number of carbonyl (C=O) groups is 1. The number of carbonyl (C=O) groups excluding carboxylic acids is 1. The molecule has 0 radical (unpaired) electrons. The molecule has 5 heteroatoms. The Morgan fingerprint density at radius 2 is 2.35 bits per heavy atom. The number of nitrogens with one attached hydrogen (secondary N) is 2. The van der Waals surface area contributed by atoms with Gasteiger partial charge in [0.25, 0.3) is 0 Å². The molecule has 2 N–H and O–H groups in total. The molecule has 1 aliphatic heterocycles. The van der Waals surface area contributed by atoms with E-state index < -0.39 is 0 Å². The molecule has 0 bridgehead atoms. The summed E-state index contributed by atoms with van der Waals surface area (Å²) in [5, 5.41) is 15.1. The van der Waals surface area contributed by atoms with Crippen molar-refractivity contribution in [2.45, 2.75) is 38.1 Å². The highest BCUT2D eigenvalue weighted by Crippen LogP contribution is 2.23. The second-order valence-corrected chi connectivity index (χ2v) is 5.89. The Kier molecular flexibility index (Phi) is 5.57. The molecule has 1 aromatic rings. The van der Waals surface area contributed by atoms with Gasteiger partial charge in [0.1, 0.15) is 0 Å². The Hall–Kier alpha value is -1.38. The summed E-state index contributed by atoms with van der Waals surface area (Å²) >= 11 is 3.37. The number of benzene rings is 1. The van der Waals surface area contributed by atoms with Crippen molar-refractivity contribution in [2.75, 3.05) is 11.9 Å². The minimum absolute atomic E-state index is 0.0165. The van der Waals surface area contributed by atoms with Crippen molar-refractivity contribution in [3.63, 3.8) is 0 Å². The second kappa shape index (κ2) is 7.41. The first kappa shape index (κ1) is 15.0. The molecule has 2 rings (SSSR count). The lowest BCUT2D eigenvalue weighted by Crippen LogP contribution is -2.34. The van der Waals surface area contributed by atoms with Crippen molar-refractivity contribution in [1.29, 1.82) is 5.26 Å². The van der Waals surface area contributed by atoms with E-state index in [4.69, 9.17) is 5.26 Å². The van der Waals surface area contributed by atoms with E-state index in [0.29, 0.717) is 23.7 Å². The monoisotopic (exact) mass is 335 g/mol. The number of piperidine rings is 1. The average molecular weight is 336 g/mol. The standard InChI is InChI=1S/C15H18BrN3O/c16-13-9-11(10-17)4-6-14(13)19-15(20)7-5-12-3-1-2-8-18-12/h4,6,9,12,18H,1-3,5,7-8H2,(H,19,20). The molecule has 1 aliphatic rings. The van der Waals surface area contributed by atoms with E-state index in [1.165, 1.54) is 12.8 Å². The van der Waals surface area contributed by atoms with Crippen LogP contribution in [0.25, 0.3) is 0 Å². The molecule has 1 unspecified atom stereocenters. The van der Waals surface area contributed by atoms with Crippen LogP contribution < -0.4 is 10.6 Å². The van der Waals surface area contributed by atoms with Crippen molar-refractivity contribution in [2.24, 2.45) is 0 Å². The third-order valence-electron chi connectivity index (χ3n) is 3.50. The molecule has 0 saturated carbocycles. The Balaban J connectivity index is 1.83. The number of nitrogens with zero attached hydrogens (tertiary/aromatic N) is 1. The molecule has 106 valence electrons. The predicted octanol–water partition coefficient (Wildman–Crippen LogP) is 3.18. The summed E-state index contributed by atoms with van der Waals surface area (Å²) in [5.41, 5.74) is 1.28. The maximum Gasteiger partial charge on any atom is 0.224 e. The fourth-order valence-corrected chi connectivity index (χ4v) is 2.85. The van der Waals surface area contributed by atoms with Crippen LogP contribution in [0.3, 0.4) is 0 Å². The molecule has 1 heterocycles. The van der Waals surface area contributed by atoms with Crippen LogP contribution in [0.5, 0.6) is 0 Å². The fraction of sp³-hybridized carbons (Fsp3) is 0.467. The number of amides is 1. The third-order valence-corrected chi connectivity index (χ3v) is 4.16. The number of hydrogen-bond donors (Lipinski definition) is 2. The van der Waals surface area contributed by atoms with Crippen LogP contribution in [-0.2, 0) is 4.79 Å². The van der Waals surface area contributed by atoms with E-state index in [1.54, 1.807) is 18.2 Å². The normalized spacial score (nSPS) is 18.3. The van der Waals surface area contributed by atoms with Gasteiger partial charge in [0, 0.05) is 16.9 Å². The topological polar surface area (TPSA) is 64.9 Å². The zero-order valence-corrected chi connectivity index (χ0v) is 12.9. The van der Waals surface area contributed by atoms with Gasteiger partial charge in [0.15, 0.2) is 0 Å². The van der Waals surface area contributed by atoms with Gasteiger partial charge >= 0.3 is 0 Å². The molecule has 1 amide bonds. The summed E-state index contributed by atoms with van der Waals surface area (Å²) in [6, 6.07) is 7.69. The van der Waals surface area contributed by atoms with Crippen molar-refractivity contribution in [3.8, 4) is 6.07 Å². The van der Waals surface area contributed by atoms with E-state index in [-0.39, 0.29) is 5.91 Å². The number of nitriles is 1.